The summed E-state index contributed by atoms with van der Waals surface area (Å²) in [6, 6.07) is 6.26. The first-order chi connectivity index (χ1) is 12.8. The Balaban J connectivity index is 1.32. The van der Waals surface area contributed by atoms with Gasteiger partial charge in [-0.15, -0.1) is 0 Å². The number of aromatic nitrogens is 1. The number of aryl methyl sites for hydroxylation is 1. The zero-order valence-corrected chi connectivity index (χ0v) is 17.3. The lowest BCUT2D eigenvalue weighted by molar-refractivity contribution is 0.401. The number of H-pyrrole nitrogens is 1. The Morgan fingerprint density at radius 2 is 1.65 bits per heavy atom. The summed E-state index contributed by atoms with van der Waals surface area (Å²) in [4.78, 5) is 3.65. The molecule has 1 aliphatic carbocycles. The van der Waals surface area contributed by atoms with Crippen LogP contribution >= 0.6 is 11.6 Å². The van der Waals surface area contributed by atoms with Crippen molar-refractivity contribution in [2.45, 2.75) is 96.8 Å². The number of rotatable bonds is 11. The maximum Gasteiger partial charge on any atom is 0.0460 e. The predicted molar refractivity (Wildman–Crippen MR) is 115 cm³/mol. The van der Waals surface area contributed by atoms with Crippen LogP contribution in [0, 0.1) is 5.92 Å². The second-order valence-corrected chi connectivity index (χ2v) is 8.79. The molecule has 0 amide bonds. The highest BCUT2D eigenvalue weighted by molar-refractivity contribution is 6.31. The third kappa shape index (κ3) is 5.52. The van der Waals surface area contributed by atoms with Gasteiger partial charge in [0.2, 0.25) is 0 Å². The molecule has 26 heavy (non-hydrogen) atoms. The van der Waals surface area contributed by atoms with Crippen molar-refractivity contribution in [3.05, 3.63) is 34.5 Å². The van der Waals surface area contributed by atoms with Crippen molar-refractivity contribution in [3.8, 4) is 0 Å². The first-order valence-electron chi connectivity index (χ1n) is 11.1. The number of nitrogens with one attached hydrogen (secondary N) is 1. The average molecular weight is 374 g/mol. The predicted octanol–water partition coefficient (Wildman–Crippen LogP) is 8.24. The van der Waals surface area contributed by atoms with E-state index in [0.29, 0.717) is 0 Å². The Morgan fingerprint density at radius 3 is 2.38 bits per heavy atom. The van der Waals surface area contributed by atoms with Crippen LogP contribution in [0.5, 0.6) is 0 Å². The van der Waals surface area contributed by atoms with Crippen molar-refractivity contribution < 1.29 is 0 Å². The van der Waals surface area contributed by atoms with Gasteiger partial charge in [0, 0.05) is 21.6 Å². The SMILES string of the molecule is CCCCCCCCCCCCC1CCc2c([nH]c3ccc(Cl)cc23)C1. The van der Waals surface area contributed by atoms with E-state index in [-0.39, 0.29) is 0 Å². The van der Waals surface area contributed by atoms with Crippen LogP contribution in [-0.2, 0) is 12.8 Å². The van der Waals surface area contributed by atoms with Gasteiger partial charge in [-0.05, 0) is 48.9 Å². The highest BCUT2D eigenvalue weighted by atomic mass is 35.5. The minimum atomic E-state index is 0.854. The highest BCUT2D eigenvalue weighted by Crippen LogP contribution is 2.34. The number of fused-ring (bicyclic) bond motifs is 3. The molecule has 0 saturated heterocycles. The molecule has 1 N–H and O–H groups in total. The summed E-state index contributed by atoms with van der Waals surface area (Å²) in [5.41, 5.74) is 4.27. The number of benzene rings is 1. The molecule has 0 aliphatic heterocycles. The second-order valence-electron chi connectivity index (χ2n) is 8.35. The van der Waals surface area contributed by atoms with Gasteiger partial charge in [0.05, 0.1) is 0 Å². The number of hydrogen-bond acceptors (Lipinski definition) is 0. The fourth-order valence-electron chi connectivity index (χ4n) is 4.64. The number of unbranched alkanes of at least 4 members (excludes halogenated alkanes) is 9. The first kappa shape index (κ1) is 19.8. The van der Waals surface area contributed by atoms with Crippen molar-refractivity contribution in [2.24, 2.45) is 5.92 Å². The van der Waals surface area contributed by atoms with E-state index < -0.39 is 0 Å². The lowest BCUT2D eigenvalue weighted by Gasteiger charge is -2.22. The standard InChI is InChI=1S/C24H36ClN/c1-2-3-4-5-6-7-8-9-10-11-12-19-13-15-21-22-18-20(25)14-16-23(22)26-24(21)17-19/h14,16,18-19,26H,2-13,15,17H2,1H3. The molecule has 1 unspecified atom stereocenters. The van der Waals surface area contributed by atoms with Gasteiger partial charge in [0.15, 0.2) is 0 Å². The van der Waals surface area contributed by atoms with E-state index in [4.69, 9.17) is 11.6 Å². The Kier molecular flexibility index (Phi) is 7.92. The van der Waals surface area contributed by atoms with Gasteiger partial charge in [-0.2, -0.15) is 0 Å². The molecule has 1 aromatic heterocycles. The summed E-state index contributed by atoms with van der Waals surface area (Å²) in [5.74, 6) is 0.875. The largest absolute Gasteiger partial charge is 0.358 e. The topological polar surface area (TPSA) is 15.8 Å². The van der Waals surface area contributed by atoms with Crippen LogP contribution in [-0.4, -0.2) is 4.98 Å². The normalized spacial score (nSPS) is 16.9. The van der Waals surface area contributed by atoms with Gasteiger partial charge in [-0.1, -0.05) is 89.2 Å². The Bertz CT molecular complexity index is 672. The van der Waals surface area contributed by atoms with Gasteiger partial charge >= 0.3 is 0 Å². The van der Waals surface area contributed by atoms with E-state index in [9.17, 15) is 0 Å². The molecule has 0 saturated carbocycles. The quantitative estimate of drug-likeness (QED) is 0.381. The molecule has 3 rings (SSSR count). The van der Waals surface area contributed by atoms with Crippen molar-refractivity contribution in [3.63, 3.8) is 0 Å². The van der Waals surface area contributed by atoms with Crippen LogP contribution < -0.4 is 0 Å². The van der Waals surface area contributed by atoms with Crippen LogP contribution in [0.15, 0.2) is 18.2 Å². The molecule has 1 nitrogen and oxygen atoms in total. The fraction of sp³-hybridized carbons (Fsp3) is 0.667. The fourth-order valence-corrected chi connectivity index (χ4v) is 4.81. The van der Waals surface area contributed by atoms with Gasteiger partial charge < -0.3 is 4.98 Å². The van der Waals surface area contributed by atoms with Gasteiger partial charge in [-0.3, -0.25) is 0 Å². The summed E-state index contributed by atoms with van der Waals surface area (Å²) >= 11 is 6.19. The maximum absolute atomic E-state index is 6.19. The lowest BCUT2D eigenvalue weighted by atomic mass is 9.84. The van der Waals surface area contributed by atoms with Gasteiger partial charge in [0.1, 0.15) is 0 Å². The summed E-state index contributed by atoms with van der Waals surface area (Å²) in [6.45, 7) is 2.29. The van der Waals surface area contributed by atoms with Crippen LogP contribution in [0.4, 0.5) is 0 Å². The van der Waals surface area contributed by atoms with E-state index >= 15 is 0 Å². The number of halogens is 1. The Hall–Kier alpha value is -0.950. The molecule has 1 aromatic carbocycles. The van der Waals surface area contributed by atoms with Gasteiger partial charge in [-0.25, -0.2) is 0 Å². The molecule has 1 aliphatic rings. The summed E-state index contributed by atoms with van der Waals surface area (Å²) < 4.78 is 0. The van der Waals surface area contributed by atoms with E-state index in [1.165, 1.54) is 112 Å². The molecule has 0 spiro atoms. The van der Waals surface area contributed by atoms with Crippen molar-refractivity contribution in [2.75, 3.05) is 0 Å². The molecule has 2 heteroatoms. The molecule has 0 radical (unpaired) electrons. The zero-order chi connectivity index (χ0) is 18.2. The average Bonchev–Trinajstić information content (AvgIpc) is 3.00. The van der Waals surface area contributed by atoms with E-state index in [2.05, 4.69) is 24.0 Å². The van der Waals surface area contributed by atoms with Gasteiger partial charge in [0.25, 0.3) is 0 Å². The van der Waals surface area contributed by atoms with Crippen molar-refractivity contribution in [1.29, 1.82) is 0 Å². The molecular formula is C24H36ClN. The maximum atomic E-state index is 6.19. The van der Waals surface area contributed by atoms with Crippen LogP contribution in [0.3, 0.4) is 0 Å². The third-order valence-electron chi connectivity index (χ3n) is 6.22. The van der Waals surface area contributed by atoms with E-state index in [1.54, 1.807) is 0 Å². The number of aromatic amines is 1. The molecule has 1 atom stereocenters. The lowest BCUT2D eigenvalue weighted by Crippen LogP contribution is -2.13. The molecule has 1 heterocycles. The first-order valence-corrected chi connectivity index (χ1v) is 11.4. The second kappa shape index (κ2) is 10.4. The molecule has 144 valence electrons. The minimum absolute atomic E-state index is 0.854. The van der Waals surface area contributed by atoms with Crippen LogP contribution in [0.25, 0.3) is 10.9 Å². The van der Waals surface area contributed by atoms with Crippen molar-refractivity contribution in [1.82, 2.24) is 4.98 Å². The van der Waals surface area contributed by atoms with Crippen molar-refractivity contribution >= 4 is 22.5 Å². The molecule has 0 fully saturated rings. The molecule has 2 aromatic rings. The zero-order valence-electron chi connectivity index (χ0n) is 16.6. The van der Waals surface area contributed by atoms with Crippen LogP contribution in [0.2, 0.25) is 5.02 Å². The molecular weight excluding hydrogens is 338 g/mol. The number of hydrogen-bond donors (Lipinski definition) is 1. The van der Waals surface area contributed by atoms with Crippen LogP contribution in [0.1, 0.15) is 95.2 Å². The summed E-state index contributed by atoms with van der Waals surface area (Å²) in [5, 5.41) is 2.21. The van der Waals surface area contributed by atoms with E-state index in [1.807, 2.05) is 6.07 Å². The van der Waals surface area contributed by atoms with E-state index in [0.717, 1.165) is 10.9 Å². The summed E-state index contributed by atoms with van der Waals surface area (Å²) in [7, 11) is 0. The minimum Gasteiger partial charge on any atom is -0.358 e. The Labute approximate surface area is 164 Å². The summed E-state index contributed by atoms with van der Waals surface area (Å²) in [6.07, 6.45) is 19.5. The smallest absolute Gasteiger partial charge is 0.0460 e. The monoisotopic (exact) mass is 373 g/mol. The molecule has 0 bridgehead atoms. The Morgan fingerprint density at radius 1 is 0.962 bits per heavy atom. The third-order valence-corrected chi connectivity index (χ3v) is 6.45. The highest BCUT2D eigenvalue weighted by Gasteiger charge is 2.22.